The number of fused-ring (bicyclic) bond motifs is 3. The summed E-state index contributed by atoms with van der Waals surface area (Å²) in [5.74, 6) is 3.18. The summed E-state index contributed by atoms with van der Waals surface area (Å²) in [6, 6.07) is 0. The molecule has 0 aromatic carbocycles. The quantitative estimate of drug-likeness (QED) is 0.555. The Morgan fingerprint density at radius 3 is 2.67 bits per heavy atom. The minimum absolute atomic E-state index is 0.729. The van der Waals surface area contributed by atoms with Gasteiger partial charge in [0.1, 0.15) is 0 Å². The lowest BCUT2D eigenvalue weighted by Crippen LogP contribution is -2.30. The Bertz CT molecular complexity index is 308. The highest BCUT2D eigenvalue weighted by Gasteiger charge is 2.39. The number of allylic oxidation sites excluding steroid dienone is 6. The summed E-state index contributed by atoms with van der Waals surface area (Å²) in [6.45, 7) is 0. The predicted octanol–water partition coefficient (Wildman–Crippen LogP) is 3.80. The molecule has 0 aromatic heterocycles. The van der Waals surface area contributed by atoms with E-state index in [9.17, 15) is 0 Å². The van der Waals surface area contributed by atoms with Gasteiger partial charge >= 0.3 is 0 Å². The maximum absolute atomic E-state index is 3.70. The SMILES string of the molecule is [C]1CCC2CCC3\C=C/C=C\C=C/C3C12. The molecule has 0 aromatic rings. The fourth-order valence-electron chi connectivity index (χ4n) is 3.44. The molecule has 78 valence electrons. The average molecular weight is 198 g/mol. The second kappa shape index (κ2) is 4.00. The van der Waals surface area contributed by atoms with Gasteiger partial charge in [-0.05, 0) is 55.8 Å². The van der Waals surface area contributed by atoms with Gasteiger partial charge in [0.15, 0.2) is 0 Å². The van der Waals surface area contributed by atoms with E-state index >= 15 is 0 Å². The van der Waals surface area contributed by atoms with Gasteiger partial charge in [0, 0.05) is 0 Å². The highest BCUT2D eigenvalue weighted by atomic mass is 14.4. The van der Waals surface area contributed by atoms with E-state index in [4.69, 9.17) is 0 Å². The van der Waals surface area contributed by atoms with Crippen LogP contribution in [0, 0.1) is 30.1 Å². The third-order valence-corrected chi connectivity index (χ3v) is 4.21. The van der Waals surface area contributed by atoms with Crippen LogP contribution in [0.4, 0.5) is 0 Å². The molecule has 4 atom stereocenters. The smallest absolute Gasteiger partial charge is 0.0130 e. The number of hydrogen-bond acceptors (Lipinski definition) is 0. The third-order valence-electron chi connectivity index (χ3n) is 4.21. The van der Waals surface area contributed by atoms with E-state index in [-0.39, 0.29) is 0 Å². The summed E-state index contributed by atoms with van der Waals surface area (Å²) in [6.07, 6.45) is 22.7. The van der Waals surface area contributed by atoms with Gasteiger partial charge in [0.05, 0.1) is 0 Å². The van der Waals surface area contributed by atoms with Crippen molar-refractivity contribution in [1.82, 2.24) is 0 Å². The lowest BCUT2D eigenvalue weighted by Gasteiger charge is -2.37. The summed E-state index contributed by atoms with van der Waals surface area (Å²) < 4.78 is 0. The van der Waals surface area contributed by atoms with Gasteiger partial charge in [-0.3, -0.25) is 0 Å². The molecule has 15 heavy (non-hydrogen) atoms. The lowest BCUT2D eigenvalue weighted by atomic mass is 9.67. The number of rotatable bonds is 0. The minimum Gasteiger partial charge on any atom is -0.0808 e. The largest absolute Gasteiger partial charge is 0.0808 e. The van der Waals surface area contributed by atoms with Crippen molar-refractivity contribution in [3.05, 3.63) is 42.9 Å². The van der Waals surface area contributed by atoms with Crippen molar-refractivity contribution < 1.29 is 0 Å². The Labute approximate surface area is 92.8 Å². The maximum Gasteiger partial charge on any atom is -0.0130 e. The molecule has 2 saturated carbocycles. The van der Waals surface area contributed by atoms with Crippen molar-refractivity contribution in [2.24, 2.45) is 23.7 Å². The summed E-state index contributed by atoms with van der Waals surface area (Å²) in [5.41, 5.74) is 0. The Morgan fingerprint density at radius 1 is 0.867 bits per heavy atom. The molecule has 0 bridgehead atoms. The van der Waals surface area contributed by atoms with Gasteiger partial charge in [-0.25, -0.2) is 0 Å². The molecule has 3 aliphatic carbocycles. The molecule has 2 radical (unpaired) electrons. The van der Waals surface area contributed by atoms with Crippen molar-refractivity contribution in [3.63, 3.8) is 0 Å². The molecule has 3 rings (SSSR count). The van der Waals surface area contributed by atoms with Crippen LogP contribution in [0.3, 0.4) is 0 Å². The third kappa shape index (κ3) is 1.71. The van der Waals surface area contributed by atoms with Crippen LogP contribution in [0.15, 0.2) is 36.5 Å². The second-order valence-electron chi connectivity index (χ2n) is 5.00. The fraction of sp³-hybridized carbons (Fsp3) is 0.533. The molecule has 4 unspecified atom stereocenters. The van der Waals surface area contributed by atoms with E-state index in [0.29, 0.717) is 0 Å². The van der Waals surface area contributed by atoms with E-state index in [1.54, 1.807) is 0 Å². The molecule has 0 heteroatoms. The van der Waals surface area contributed by atoms with E-state index < -0.39 is 0 Å². The zero-order valence-electron chi connectivity index (χ0n) is 9.10. The molecule has 0 heterocycles. The Balaban J connectivity index is 1.88. The maximum atomic E-state index is 3.70. The zero-order chi connectivity index (χ0) is 10.1. The summed E-state index contributed by atoms with van der Waals surface area (Å²) in [7, 11) is 0. The zero-order valence-corrected chi connectivity index (χ0v) is 9.10. The molecule has 0 saturated heterocycles. The van der Waals surface area contributed by atoms with Crippen LogP contribution in [-0.4, -0.2) is 0 Å². The average Bonchev–Trinajstić information content (AvgIpc) is 2.65. The first-order valence-corrected chi connectivity index (χ1v) is 6.20. The van der Waals surface area contributed by atoms with Crippen LogP contribution < -0.4 is 0 Å². The molecule has 0 nitrogen and oxygen atoms in total. The monoisotopic (exact) mass is 198 g/mol. The second-order valence-corrected chi connectivity index (χ2v) is 5.00. The summed E-state index contributed by atoms with van der Waals surface area (Å²) in [4.78, 5) is 0. The summed E-state index contributed by atoms with van der Waals surface area (Å²) >= 11 is 0. The van der Waals surface area contributed by atoms with Gasteiger partial charge in [0.2, 0.25) is 0 Å². The molecule has 2 fully saturated rings. The van der Waals surface area contributed by atoms with Gasteiger partial charge < -0.3 is 0 Å². The minimum atomic E-state index is 0.729. The Kier molecular flexibility index (Phi) is 2.52. The first kappa shape index (κ1) is 9.45. The normalized spacial score (nSPS) is 49.6. The van der Waals surface area contributed by atoms with Gasteiger partial charge in [-0.1, -0.05) is 36.5 Å². The van der Waals surface area contributed by atoms with Crippen molar-refractivity contribution >= 4 is 0 Å². The molecule has 3 aliphatic rings. The first-order valence-electron chi connectivity index (χ1n) is 6.20. The van der Waals surface area contributed by atoms with Crippen molar-refractivity contribution in [2.45, 2.75) is 25.7 Å². The first-order chi connectivity index (χ1) is 7.45. The molecule has 0 N–H and O–H groups in total. The van der Waals surface area contributed by atoms with Crippen LogP contribution in [-0.2, 0) is 0 Å². The molecule has 0 amide bonds. The molecule has 0 spiro atoms. The van der Waals surface area contributed by atoms with Crippen LogP contribution >= 0.6 is 0 Å². The number of hydrogen-bond donors (Lipinski definition) is 0. The van der Waals surface area contributed by atoms with Crippen molar-refractivity contribution in [3.8, 4) is 0 Å². The fourth-order valence-corrected chi connectivity index (χ4v) is 3.44. The van der Waals surface area contributed by atoms with Gasteiger partial charge in [-0.15, -0.1) is 0 Å². The lowest BCUT2D eigenvalue weighted by molar-refractivity contribution is 0.196. The van der Waals surface area contributed by atoms with E-state index in [2.05, 4.69) is 42.9 Å². The van der Waals surface area contributed by atoms with Crippen LogP contribution in [0.2, 0.25) is 0 Å². The van der Waals surface area contributed by atoms with E-state index in [1.165, 1.54) is 25.7 Å². The predicted molar refractivity (Wildman–Crippen MR) is 63.1 cm³/mol. The Hall–Kier alpha value is -0.780. The standard InChI is InChI=1S/C15H18/c1-2-4-8-14-12(6-3-1)10-11-13-7-5-9-15(13)14/h1-4,6,8,12-15H,5,7,10-11H2/b2-1-,6-3-,8-4-. The van der Waals surface area contributed by atoms with Crippen LogP contribution in [0.25, 0.3) is 0 Å². The van der Waals surface area contributed by atoms with Crippen LogP contribution in [0.1, 0.15) is 25.7 Å². The van der Waals surface area contributed by atoms with Crippen molar-refractivity contribution in [2.75, 3.05) is 0 Å². The van der Waals surface area contributed by atoms with Crippen LogP contribution in [0.5, 0.6) is 0 Å². The highest BCUT2D eigenvalue weighted by molar-refractivity contribution is 5.20. The van der Waals surface area contributed by atoms with Crippen molar-refractivity contribution in [1.29, 1.82) is 0 Å². The molecular formula is C15H18. The molecular weight excluding hydrogens is 180 g/mol. The highest BCUT2D eigenvalue weighted by Crippen LogP contribution is 2.48. The summed E-state index contributed by atoms with van der Waals surface area (Å²) in [5, 5.41) is 0. The topological polar surface area (TPSA) is 0 Å². The Morgan fingerprint density at radius 2 is 1.73 bits per heavy atom. The van der Waals surface area contributed by atoms with E-state index in [0.717, 1.165) is 23.7 Å². The van der Waals surface area contributed by atoms with Gasteiger partial charge in [-0.2, -0.15) is 0 Å². The van der Waals surface area contributed by atoms with E-state index in [1.807, 2.05) is 0 Å². The molecule has 0 aliphatic heterocycles. The van der Waals surface area contributed by atoms with Gasteiger partial charge in [0.25, 0.3) is 0 Å².